The standard InChI is InChI=1S/C22H24N4O4/c1-28-19-10-16(11-20(29-2)22(19)30-3)7-8-21(27)24-12-17-5-4-6-18(9-17)13-26-15-23-14-25-26/h4-11,14-15H,12-13H2,1-3H3,(H,24,27). The van der Waals surface area contributed by atoms with Gasteiger partial charge in [-0.05, 0) is 34.9 Å². The molecule has 0 spiro atoms. The van der Waals surface area contributed by atoms with Crippen LogP contribution in [0.25, 0.3) is 6.08 Å². The van der Waals surface area contributed by atoms with Crippen LogP contribution in [0.15, 0.2) is 55.1 Å². The van der Waals surface area contributed by atoms with Crippen molar-refractivity contribution in [1.29, 1.82) is 0 Å². The van der Waals surface area contributed by atoms with E-state index in [9.17, 15) is 4.79 Å². The highest BCUT2D eigenvalue weighted by Gasteiger charge is 2.12. The van der Waals surface area contributed by atoms with Crippen molar-refractivity contribution in [2.45, 2.75) is 13.1 Å². The van der Waals surface area contributed by atoms with Crippen LogP contribution in [0.4, 0.5) is 0 Å². The van der Waals surface area contributed by atoms with E-state index in [1.165, 1.54) is 12.4 Å². The Bertz CT molecular complexity index is 991. The number of carbonyl (C=O) groups is 1. The van der Waals surface area contributed by atoms with Crippen LogP contribution in [0.3, 0.4) is 0 Å². The van der Waals surface area contributed by atoms with Gasteiger partial charge in [0.2, 0.25) is 11.7 Å². The number of hydrogen-bond acceptors (Lipinski definition) is 6. The highest BCUT2D eigenvalue weighted by atomic mass is 16.5. The zero-order chi connectivity index (χ0) is 21.3. The van der Waals surface area contributed by atoms with E-state index in [-0.39, 0.29) is 5.91 Å². The van der Waals surface area contributed by atoms with E-state index in [0.717, 1.165) is 16.7 Å². The Morgan fingerprint density at radius 3 is 2.43 bits per heavy atom. The largest absolute Gasteiger partial charge is 0.493 e. The molecule has 0 aliphatic heterocycles. The average molecular weight is 408 g/mol. The first-order valence-electron chi connectivity index (χ1n) is 9.29. The number of rotatable bonds is 9. The Hall–Kier alpha value is -3.81. The molecule has 1 aromatic heterocycles. The minimum atomic E-state index is -0.203. The molecular formula is C22H24N4O4. The van der Waals surface area contributed by atoms with Crippen molar-refractivity contribution >= 4 is 12.0 Å². The van der Waals surface area contributed by atoms with Crippen LogP contribution in [0.5, 0.6) is 17.2 Å². The molecule has 1 amide bonds. The molecule has 1 heterocycles. The Morgan fingerprint density at radius 1 is 1.07 bits per heavy atom. The molecule has 30 heavy (non-hydrogen) atoms. The van der Waals surface area contributed by atoms with Crippen LogP contribution in [0, 0.1) is 0 Å². The van der Waals surface area contributed by atoms with Gasteiger partial charge in [-0.25, -0.2) is 9.67 Å². The molecule has 8 heteroatoms. The summed E-state index contributed by atoms with van der Waals surface area (Å²) in [5.41, 5.74) is 2.84. The third kappa shape index (κ3) is 5.38. The first-order valence-corrected chi connectivity index (χ1v) is 9.29. The second kappa shape index (κ2) is 10.1. The third-order valence-corrected chi connectivity index (χ3v) is 4.38. The summed E-state index contributed by atoms with van der Waals surface area (Å²) in [4.78, 5) is 16.2. The summed E-state index contributed by atoms with van der Waals surface area (Å²) in [6, 6.07) is 11.5. The number of carbonyl (C=O) groups excluding carboxylic acids is 1. The zero-order valence-electron chi connectivity index (χ0n) is 17.2. The van der Waals surface area contributed by atoms with E-state index in [4.69, 9.17) is 14.2 Å². The fraction of sp³-hybridized carbons (Fsp3) is 0.227. The van der Waals surface area contributed by atoms with Gasteiger partial charge in [-0.3, -0.25) is 4.79 Å². The fourth-order valence-corrected chi connectivity index (χ4v) is 2.96. The molecule has 0 unspecified atom stereocenters. The second-order valence-electron chi connectivity index (χ2n) is 6.42. The molecule has 0 fully saturated rings. The Kier molecular flexibility index (Phi) is 7.05. The lowest BCUT2D eigenvalue weighted by molar-refractivity contribution is -0.116. The SMILES string of the molecule is COc1cc(C=CC(=O)NCc2cccc(Cn3cncn3)c2)cc(OC)c1OC. The molecule has 0 radical (unpaired) electrons. The summed E-state index contributed by atoms with van der Waals surface area (Å²) in [5, 5.41) is 6.99. The maximum Gasteiger partial charge on any atom is 0.244 e. The van der Waals surface area contributed by atoms with E-state index in [1.807, 2.05) is 24.3 Å². The van der Waals surface area contributed by atoms with Gasteiger partial charge < -0.3 is 19.5 Å². The lowest BCUT2D eigenvalue weighted by Gasteiger charge is -2.12. The Labute approximate surface area is 175 Å². The van der Waals surface area contributed by atoms with Crippen LogP contribution in [0.1, 0.15) is 16.7 Å². The number of hydrogen-bond donors (Lipinski definition) is 1. The molecule has 0 bridgehead atoms. The molecule has 0 aliphatic rings. The zero-order valence-corrected chi connectivity index (χ0v) is 17.2. The lowest BCUT2D eigenvalue weighted by Crippen LogP contribution is -2.20. The molecule has 3 aromatic rings. The average Bonchev–Trinajstić information content (AvgIpc) is 3.28. The van der Waals surface area contributed by atoms with Gasteiger partial charge in [0.25, 0.3) is 0 Å². The summed E-state index contributed by atoms with van der Waals surface area (Å²) in [7, 11) is 4.65. The minimum Gasteiger partial charge on any atom is -0.493 e. The molecule has 2 aromatic carbocycles. The number of methoxy groups -OCH3 is 3. The maximum absolute atomic E-state index is 12.3. The van der Waals surface area contributed by atoms with Crippen LogP contribution in [-0.4, -0.2) is 42.0 Å². The fourth-order valence-electron chi connectivity index (χ4n) is 2.96. The van der Waals surface area contributed by atoms with Crippen LogP contribution in [0.2, 0.25) is 0 Å². The van der Waals surface area contributed by atoms with Crippen LogP contribution in [-0.2, 0) is 17.9 Å². The second-order valence-corrected chi connectivity index (χ2v) is 6.42. The van der Waals surface area contributed by atoms with Gasteiger partial charge in [0.05, 0.1) is 27.9 Å². The van der Waals surface area contributed by atoms with Gasteiger partial charge in [-0.15, -0.1) is 0 Å². The predicted molar refractivity (Wildman–Crippen MR) is 113 cm³/mol. The van der Waals surface area contributed by atoms with E-state index in [2.05, 4.69) is 15.4 Å². The molecule has 8 nitrogen and oxygen atoms in total. The Balaban J connectivity index is 1.61. The molecule has 156 valence electrons. The van der Waals surface area contributed by atoms with E-state index in [0.29, 0.717) is 30.3 Å². The number of ether oxygens (including phenoxy) is 3. The van der Waals surface area contributed by atoms with E-state index >= 15 is 0 Å². The molecule has 0 saturated heterocycles. The van der Waals surface area contributed by atoms with Gasteiger partial charge in [-0.2, -0.15) is 5.10 Å². The predicted octanol–water partition coefficient (Wildman–Crippen LogP) is 2.68. The minimum absolute atomic E-state index is 0.203. The number of nitrogens with one attached hydrogen (secondary N) is 1. The topological polar surface area (TPSA) is 87.5 Å². The molecule has 3 rings (SSSR count). The monoisotopic (exact) mass is 408 g/mol. The smallest absolute Gasteiger partial charge is 0.244 e. The van der Waals surface area contributed by atoms with Gasteiger partial charge in [0, 0.05) is 12.6 Å². The summed E-state index contributed by atoms with van der Waals surface area (Å²) in [6.07, 6.45) is 6.34. The first-order chi connectivity index (χ1) is 14.6. The number of benzene rings is 2. The number of nitrogens with zero attached hydrogens (tertiary/aromatic N) is 3. The lowest BCUT2D eigenvalue weighted by atomic mass is 10.1. The van der Waals surface area contributed by atoms with E-state index < -0.39 is 0 Å². The third-order valence-electron chi connectivity index (χ3n) is 4.38. The van der Waals surface area contributed by atoms with Crippen molar-refractivity contribution in [2.24, 2.45) is 0 Å². The van der Waals surface area contributed by atoms with E-state index in [1.54, 1.807) is 50.5 Å². The van der Waals surface area contributed by atoms with Gasteiger partial charge in [-0.1, -0.05) is 24.3 Å². The summed E-state index contributed by atoms with van der Waals surface area (Å²) < 4.78 is 17.7. The number of aromatic nitrogens is 3. The van der Waals surface area contributed by atoms with Crippen molar-refractivity contribution in [3.63, 3.8) is 0 Å². The van der Waals surface area contributed by atoms with Crippen molar-refractivity contribution in [3.05, 3.63) is 71.8 Å². The quantitative estimate of drug-likeness (QED) is 0.548. The molecule has 0 saturated carbocycles. The Morgan fingerprint density at radius 2 is 1.80 bits per heavy atom. The molecular weight excluding hydrogens is 384 g/mol. The van der Waals surface area contributed by atoms with Crippen molar-refractivity contribution in [1.82, 2.24) is 20.1 Å². The highest BCUT2D eigenvalue weighted by Crippen LogP contribution is 2.38. The maximum atomic E-state index is 12.3. The first kappa shape index (κ1) is 20.9. The van der Waals surface area contributed by atoms with Gasteiger partial charge >= 0.3 is 0 Å². The van der Waals surface area contributed by atoms with Gasteiger partial charge in [0.1, 0.15) is 12.7 Å². The van der Waals surface area contributed by atoms with Crippen molar-refractivity contribution < 1.29 is 19.0 Å². The van der Waals surface area contributed by atoms with Crippen molar-refractivity contribution in [2.75, 3.05) is 21.3 Å². The summed E-state index contributed by atoms with van der Waals surface area (Å²) in [5.74, 6) is 1.36. The molecule has 0 atom stereocenters. The summed E-state index contributed by atoms with van der Waals surface area (Å²) >= 11 is 0. The normalized spacial score (nSPS) is 10.8. The van der Waals surface area contributed by atoms with Gasteiger partial charge in [0.15, 0.2) is 11.5 Å². The number of amides is 1. The van der Waals surface area contributed by atoms with Crippen LogP contribution < -0.4 is 19.5 Å². The molecule has 1 N–H and O–H groups in total. The van der Waals surface area contributed by atoms with Crippen LogP contribution >= 0.6 is 0 Å². The van der Waals surface area contributed by atoms with Crippen molar-refractivity contribution in [3.8, 4) is 17.2 Å². The molecule has 0 aliphatic carbocycles. The highest BCUT2D eigenvalue weighted by molar-refractivity contribution is 5.91. The summed E-state index contributed by atoms with van der Waals surface area (Å²) in [6.45, 7) is 1.05.